The van der Waals surface area contributed by atoms with Crippen molar-refractivity contribution < 1.29 is 51.9 Å². The summed E-state index contributed by atoms with van der Waals surface area (Å²) in [5.41, 5.74) is 6.34. The van der Waals surface area contributed by atoms with Crippen molar-refractivity contribution >= 4 is 40.3 Å². The van der Waals surface area contributed by atoms with Gasteiger partial charge in [0.15, 0.2) is 11.5 Å². The molecule has 2 aromatic heterocycles. The zero-order valence-electron chi connectivity index (χ0n) is 14.7. The molecular formula is C10H17N6O11P3. The maximum Gasteiger partial charge on any atom is 0.477 e. The molecule has 1 aliphatic heterocycles. The van der Waals surface area contributed by atoms with Gasteiger partial charge in [-0.15, -0.1) is 4.86 Å². The number of nitrogens with one attached hydrogen (secondary N) is 1. The van der Waals surface area contributed by atoms with Crippen LogP contribution in [-0.2, 0) is 27.3 Å². The molecule has 1 aliphatic rings. The highest BCUT2D eigenvalue weighted by molar-refractivity contribution is 7.70. The average Bonchev–Trinajstić information content (AvgIpc) is 3.14. The van der Waals surface area contributed by atoms with E-state index < -0.39 is 48.4 Å². The molecule has 2 aromatic rings. The number of hydrogen-bond acceptors (Lipinski definition) is 11. The number of hydrogen-bond donors (Lipinski definition) is 7. The molecule has 5 atom stereocenters. The standard InChI is InChI=1S/C10H17N6O11P3/c11-9-8-10(13-3-12-9)16(4-14-8)7-1-5(17)6(26-7)2-25-28(18,19)15-29(20,21)27-30(22,23)24/h3-7,17H,1-2H2,(H2,11,12,13)(H2,22,23,24)(H3,15,18,19,20,21)/t5-,6+,7+/m0/s1. The number of anilines is 1. The van der Waals surface area contributed by atoms with Gasteiger partial charge >= 0.3 is 23.3 Å². The van der Waals surface area contributed by atoms with Crippen LogP contribution in [-0.4, -0.2) is 63.0 Å². The molecular weight excluding hydrogens is 473 g/mol. The van der Waals surface area contributed by atoms with Gasteiger partial charge in [-0.25, -0.2) is 28.6 Å². The second-order valence-corrected chi connectivity index (χ2v) is 10.8. The first-order chi connectivity index (χ1) is 13.8. The maximum absolute atomic E-state index is 11.9. The Labute approximate surface area is 167 Å². The predicted octanol–water partition coefficient (Wildman–Crippen LogP) is -1.03. The number of aromatic nitrogens is 4. The lowest BCUT2D eigenvalue weighted by molar-refractivity contribution is -0.0398. The van der Waals surface area contributed by atoms with Gasteiger partial charge in [-0.3, -0.25) is 9.09 Å². The number of phosphoric acid groups is 1. The lowest BCUT2D eigenvalue weighted by Crippen LogP contribution is -2.27. The molecule has 0 saturated carbocycles. The summed E-state index contributed by atoms with van der Waals surface area (Å²) in [5, 5.41) is 10.1. The Morgan fingerprint density at radius 3 is 2.57 bits per heavy atom. The van der Waals surface area contributed by atoms with Crippen molar-refractivity contribution in [2.45, 2.75) is 24.9 Å². The van der Waals surface area contributed by atoms with E-state index in [1.807, 2.05) is 0 Å². The minimum Gasteiger partial charge on any atom is -0.390 e. The third kappa shape index (κ3) is 5.68. The van der Waals surface area contributed by atoms with Crippen LogP contribution >= 0.6 is 23.3 Å². The third-order valence-corrected chi connectivity index (χ3v) is 8.04. The van der Waals surface area contributed by atoms with E-state index in [0.29, 0.717) is 11.2 Å². The van der Waals surface area contributed by atoms with Gasteiger partial charge < -0.3 is 35.2 Å². The molecule has 0 spiro atoms. The van der Waals surface area contributed by atoms with Crippen LogP contribution < -0.4 is 10.6 Å². The second kappa shape index (κ2) is 8.31. The molecule has 30 heavy (non-hydrogen) atoms. The zero-order valence-corrected chi connectivity index (χ0v) is 17.4. The number of nitrogen functional groups attached to an aromatic ring is 1. The highest BCUT2D eigenvalue weighted by atomic mass is 31.3. The molecule has 1 fully saturated rings. The van der Waals surface area contributed by atoms with Crippen molar-refractivity contribution in [2.75, 3.05) is 12.3 Å². The van der Waals surface area contributed by atoms with E-state index in [9.17, 15) is 28.6 Å². The third-order valence-electron chi connectivity index (χ3n) is 3.79. The van der Waals surface area contributed by atoms with E-state index in [0.717, 1.165) is 4.86 Å². The summed E-state index contributed by atoms with van der Waals surface area (Å²) in [6.45, 7) is -0.724. The lowest BCUT2D eigenvalue weighted by Gasteiger charge is -2.20. The molecule has 0 bridgehead atoms. The molecule has 0 aromatic carbocycles. The largest absolute Gasteiger partial charge is 0.477 e. The minimum absolute atomic E-state index is 0.0202. The molecule has 8 N–H and O–H groups in total. The number of nitrogens with zero attached hydrogens (tertiary/aromatic N) is 4. The Bertz CT molecular complexity index is 1070. The van der Waals surface area contributed by atoms with Gasteiger partial charge in [0, 0.05) is 6.42 Å². The summed E-state index contributed by atoms with van der Waals surface area (Å²) in [6.07, 6.45) is -0.514. The van der Waals surface area contributed by atoms with Crippen LogP contribution in [0.25, 0.3) is 11.2 Å². The first kappa shape index (κ1) is 23.3. The number of aliphatic hydroxyl groups excluding tert-OH is 1. The van der Waals surface area contributed by atoms with Crippen LogP contribution in [0.2, 0.25) is 0 Å². The fraction of sp³-hybridized carbons (Fsp3) is 0.500. The zero-order chi connectivity index (χ0) is 22.3. The van der Waals surface area contributed by atoms with Crippen molar-refractivity contribution in [3.8, 4) is 0 Å². The summed E-state index contributed by atoms with van der Waals surface area (Å²) < 4.78 is 49.1. The summed E-state index contributed by atoms with van der Waals surface area (Å²) in [7, 11) is -15.9. The van der Waals surface area contributed by atoms with Crippen molar-refractivity contribution in [3.63, 3.8) is 0 Å². The van der Waals surface area contributed by atoms with E-state index >= 15 is 0 Å². The highest BCUT2D eigenvalue weighted by Crippen LogP contribution is 2.60. The van der Waals surface area contributed by atoms with Gasteiger partial charge in [-0.2, -0.15) is 4.31 Å². The number of ether oxygens (including phenoxy) is 1. The van der Waals surface area contributed by atoms with Gasteiger partial charge in [-0.1, -0.05) is 0 Å². The van der Waals surface area contributed by atoms with Crippen LogP contribution in [0.4, 0.5) is 5.82 Å². The van der Waals surface area contributed by atoms with E-state index in [1.54, 1.807) is 0 Å². The van der Waals surface area contributed by atoms with E-state index in [1.165, 1.54) is 17.2 Å². The van der Waals surface area contributed by atoms with Crippen LogP contribution in [0.1, 0.15) is 12.6 Å². The van der Waals surface area contributed by atoms with Crippen LogP contribution in [0.5, 0.6) is 0 Å². The topological polar surface area (TPSA) is 262 Å². The Morgan fingerprint density at radius 1 is 1.20 bits per heavy atom. The van der Waals surface area contributed by atoms with Crippen LogP contribution in [0, 0.1) is 0 Å². The van der Waals surface area contributed by atoms with Crippen LogP contribution in [0.3, 0.4) is 0 Å². The Kier molecular flexibility index (Phi) is 6.47. The van der Waals surface area contributed by atoms with Gasteiger partial charge in [-0.05, 0) is 0 Å². The molecule has 1 saturated heterocycles. The highest BCUT2D eigenvalue weighted by Gasteiger charge is 2.41. The van der Waals surface area contributed by atoms with Crippen molar-refractivity contribution in [3.05, 3.63) is 12.7 Å². The molecule has 2 unspecified atom stereocenters. The van der Waals surface area contributed by atoms with E-state index in [2.05, 4.69) is 23.8 Å². The molecule has 17 nitrogen and oxygen atoms in total. The fourth-order valence-corrected chi connectivity index (χ4v) is 6.13. The summed E-state index contributed by atoms with van der Waals surface area (Å²) >= 11 is 0. The molecule has 3 heterocycles. The minimum atomic E-state index is -5.44. The van der Waals surface area contributed by atoms with Gasteiger partial charge in [0.05, 0.1) is 19.0 Å². The van der Waals surface area contributed by atoms with Crippen LogP contribution in [0.15, 0.2) is 12.7 Å². The van der Waals surface area contributed by atoms with Gasteiger partial charge in [0.1, 0.15) is 24.2 Å². The van der Waals surface area contributed by atoms with E-state index in [-0.39, 0.29) is 12.2 Å². The summed E-state index contributed by atoms with van der Waals surface area (Å²) in [4.78, 5) is 48.9. The van der Waals surface area contributed by atoms with Crippen molar-refractivity contribution in [2.24, 2.45) is 0 Å². The van der Waals surface area contributed by atoms with Gasteiger partial charge in [0.2, 0.25) is 0 Å². The Morgan fingerprint density at radius 2 is 1.90 bits per heavy atom. The summed E-state index contributed by atoms with van der Waals surface area (Å²) in [6, 6.07) is 0. The average molecular weight is 490 g/mol. The van der Waals surface area contributed by atoms with Crippen molar-refractivity contribution in [1.29, 1.82) is 0 Å². The summed E-state index contributed by atoms with van der Waals surface area (Å²) in [5.74, 6) is 0.135. The number of imidazole rings is 1. The lowest BCUT2D eigenvalue weighted by atomic mass is 10.2. The normalized spacial score (nSPS) is 26.5. The Hall–Kier alpha value is -1.32. The first-order valence-electron chi connectivity index (χ1n) is 7.89. The number of aliphatic hydroxyl groups is 1. The molecule has 0 amide bonds. The SMILES string of the molecule is Nc1ncnc2c1ncn2[C@H]1C[C@H](O)[C@@H](COP(=O)(O)NP(=O)(O)OP(=O)(O)O)O1. The number of fused-ring (bicyclic) bond motifs is 1. The number of nitrogens with two attached hydrogens (primary N) is 1. The first-order valence-corrected chi connectivity index (χ1v) is 12.6. The molecule has 0 aliphatic carbocycles. The van der Waals surface area contributed by atoms with Gasteiger partial charge in [0.25, 0.3) is 0 Å². The monoisotopic (exact) mass is 490 g/mol. The second-order valence-electron chi connectivity index (χ2n) is 6.02. The molecule has 20 heteroatoms. The molecule has 0 radical (unpaired) electrons. The number of rotatable bonds is 8. The van der Waals surface area contributed by atoms with Crippen molar-refractivity contribution in [1.82, 2.24) is 24.4 Å². The fourth-order valence-electron chi connectivity index (χ4n) is 2.64. The predicted molar refractivity (Wildman–Crippen MR) is 96.1 cm³/mol. The quantitative estimate of drug-likeness (QED) is 0.218. The molecule has 3 rings (SSSR count). The maximum atomic E-state index is 11.9. The Balaban J connectivity index is 1.64. The smallest absolute Gasteiger partial charge is 0.390 e. The van der Waals surface area contributed by atoms with E-state index in [4.69, 9.17) is 20.3 Å². The molecule has 168 valence electrons.